The Kier molecular flexibility index (Phi) is 5.40. The van der Waals surface area contributed by atoms with Crippen LogP contribution in [-0.4, -0.2) is 24.9 Å². The van der Waals surface area contributed by atoms with Crippen LogP contribution in [0.1, 0.15) is 30.4 Å². The zero-order valence-electron chi connectivity index (χ0n) is 15.1. The van der Waals surface area contributed by atoms with Crippen LogP contribution < -0.4 is 16.2 Å². The monoisotopic (exact) mass is 366 g/mol. The van der Waals surface area contributed by atoms with E-state index in [1.807, 2.05) is 0 Å². The van der Waals surface area contributed by atoms with E-state index < -0.39 is 0 Å². The van der Waals surface area contributed by atoms with Crippen LogP contribution in [0.15, 0.2) is 57.5 Å². The fourth-order valence-corrected chi connectivity index (χ4v) is 3.06. The number of nitrogens with one attached hydrogen (secondary N) is 1. The highest BCUT2D eigenvalue weighted by Gasteiger charge is 2.27. The third kappa shape index (κ3) is 4.08. The first-order valence-electron chi connectivity index (χ1n) is 8.62. The van der Waals surface area contributed by atoms with Crippen LogP contribution in [0.3, 0.4) is 0 Å². The van der Waals surface area contributed by atoms with Crippen molar-refractivity contribution in [3.05, 3.63) is 59.2 Å². The van der Waals surface area contributed by atoms with E-state index in [1.165, 1.54) is 12.5 Å². The van der Waals surface area contributed by atoms with Crippen LogP contribution in [0.25, 0.3) is 0 Å². The van der Waals surface area contributed by atoms with Gasteiger partial charge in [0.1, 0.15) is 5.75 Å². The summed E-state index contributed by atoms with van der Waals surface area (Å²) < 4.78 is 10.6. The highest BCUT2D eigenvalue weighted by atomic mass is 16.5. The topological polar surface area (TPSA) is 128 Å². The highest BCUT2D eigenvalue weighted by molar-refractivity contribution is 6.13. The number of hydrogen-bond acceptors (Lipinski definition) is 7. The molecule has 1 aromatic carbocycles. The molecule has 0 bridgehead atoms. The van der Waals surface area contributed by atoms with Crippen molar-refractivity contribution in [3.8, 4) is 5.75 Å². The van der Waals surface area contributed by atoms with Crippen LogP contribution in [0.4, 0.5) is 5.69 Å². The first kappa shape index (κ1) is 18.4. The molecule has 7 heteroatoms. The van der Waals surface area contributed by atoms with Crippen molar-refractivity contribution >= 4 is 23.6 Å². The molecule has 0 fully saturated rings. The lowest BCUT2D eigenvalue weighted by atomic mass is 9.87. The number of carbonyl (C=O) groups is 1. The van der Waals surface area contributed by atoms with Gasteiger partial charge in [-0.2, -0.15) is 0 Å². The number of allylic oxidation sites excluding steroid dienone is 2. The van der Waals surface area contributed by atoms with Crippen LogP contribution in [0.5, 0.6) is 5.75 Å². The molecule has 0 saturated heterocycles. The zero-order chi connectivity index (χ0) is 19.4. The van der Waals surface area contributed by atoms with E-state index in [4.69, 9.17) is 26.0 Å². The minimum Gasteiger partial charge on any atom is -0.472 e. The Morgan fingerprint density at radius 2 is 2.19 bits per heavy atom. The van der Waals surface area contributed by atoms with Gasteiger partial charge in [0.25, 0.3) is 0 Å². The second kappa shape index (κ2) is 7.90. The molecular formula is C20H22N4O3. The first-order valence-corrected chi connectivity index (χ1v) is 8.62. The van der Waals surface area contributed by atoms with Crippen LogP contribution in [0.2, 0.25) is 0 Å². The van der Waals surface area contributed by atoms with Gasteiger partial charge < -0.3 is 20.6 Å². The minimum absolute atomic E-state index is 0.203. The predicted octanol–water partition coefficient (Wildman–Crippen LogP) is 2.90. The average Bonchev–Trinajstić information content (AvgIpc) is 3.19. The number of carbonyl (C=O) groups excluding carboxylic acids is 1. The smallest absolute Gasteiger partial charge is 0.314 e. The molecule has 1 atom stereocenters. The summed E-state index contributed by atoms with van der Waals surface area (Å²) in [5.41, 5.74) is 15.3. The van der Waals surface area contributed by atoms with Gasteiger partial charge in [-0.1, -0.05) is 0 Å². The van der Waals surface area contributed by atoms with E-state index in [0.717, 1.165) is 11.3 Å². The lowest BCUT2D eigenvalue weighted by molar-refractivity contribution is -0.139. The van der Waals surface area contributed by atoms with Gasteiger partial charge in [0.05, 0.1) is 24.2 Å². The van der Waals surface area contributed by atoms with Gasteiger partial charge in [-0.3, -0.25) is 15.2 Å². The van der Waals surface area contributed by atoms with Gasteiger partial charge in [0.2, 0.25) is 0 Å². The second-order valence-corrected chi connectivity index (χ2v) is 6.43. The number of aliphatic imine (C=N–C) groups is 1. The van der Waals surface area contributed by atoms with Crippen LogP contribution in [-0.2, 0) is 4.79 Å². The van der Waals surface area contributed by atoms with Gasteiger partial charge in [0.15, 0.2) is 0 Å². The molecule has 1 aromatic heterocycles. The van der Waals surface area contributed by atoms with E-state index in [1.54, 1.807) is 37.5 Å². The van der Waals surface area contributed by atoms with Crippen molar-refractivity contribution in [1.82, 2.24) is 0 Å². The third-order valence-electron chi connectivity index (χ3n) is 4.58. The maximum absolute atomic E-state index is 12.6. The van der Waals surface area contributed by atoms with Crippen molar-refractivity contribution in [2.24, 2.45) is 16.6 Å². The van der Waals surface area contributed by atoms with Gasteiger partial charge in [-0.05, 0) is 49.1 Å². The molecule has 2 aromatic rings. The Labute approximate surface area is 157 Å². The number of nitrogens with two attached hydrogens (primary N) is 2. The third-order valence-corrected chi connectivity index (χ3v) is 4.58. The van der Waals surface area contributed by atoms with Crippen LogP contribution >= 0.6 is 0 Å². The van der Waals surface area contributed by atoms with E-state index in [-0.39, 0.29) is 17.6 Å². The largest absolute Gasteiger partial charge is 0.472 e. The molecule has 0 aliphatic heterocycles. The lowest BCUT2D eigenvalue weighted by Gasteiger charge is -2.22. The Morgan fingerprint density at radius 1 is 1.37 bits per heavy atom. The molecular weight excluding hydrogens is 344 g/mol. The van der Waals surface area contributed by atoms with E-state index in [0.29, 0.717) is 41.8 Å². The van der Waals surface area contributed by atoms with Crippen molar-refractivity contribution < 1.29 is 13.9 Å². The molecule has 0 spiro atoms. The second-order valence-electron chi connectivity index (χ2n) is 6.43. The van der Waals surface area contributed by atoms with Gasteiger partial charge >= 0.3 is 5.97 Å². The molecule has 27 heavy (non-hydrogen) atoms. The molecule has 7 nitrogen and oxygen atoms in total. The number of nitrogen functional groups attached to an aromatic ring is 1. The molecule has 1 aliphatic carbocycles. The first-order chi connectivity index (χ1) is 13.0. The molecule has 0 saturated carbocycles. The van der Waals surface area contributed by atoms with Gasteiger partial charge in [-0.15, -0.1) is 0 Å². The van der Waals surface area contributed by atoms with Crippen molar-refractivity contribution in [3.63, 3.8) is 0 Å². The summed E-state index contributed by atoms with van der Waals surface area (Å²) in [5, 5.41) is 8.28. The summed E-state index contributed by atoms with van der Waals surface area (Å²) in [6.07, 6.45) is 6.44. The van der Waals surface area contributed by atoms with Crippen molar-refractivity contribution in [2.45, 2.75) is 19.3 Å². The fraction of sp³-hybridized carbons (Fsp3) is 0.250. The summed E-state index contributed by atoms with van der Waals surface area (Å²) >= 11 is 0. The zero-order valence-corrected chi connectivity index (χ0v) is 15.1. The van der Waals surface area contributed by atoms with Gasteiger partial charge in [-0.25, -0.2) is 0 Å². The Bertz CT molecular complexity index is 913. The summed E-state index contributed by atoms with van der Waals surface area (Å²) in [6, 6.07) is 6.53. The van der Waals surface area contributed by atoms with E-state index in [2.05, 4.69) is 4.99 Å². The number of furan rings is 1. The van der Waals surface area contributed by atoms with E-state index in [9.17, 15) is 4.79 Å². The Balaban J connectivity index is 1.75. The van der Waals surface area contributed by atoms with E-state index >= 15 is 0 Å². The molecule has 5 N–H and O–H groups in total. The summed E-state index contributed by atoms with van der Waals surface area (Å²) in [4.78, 5) is 16.6. The number of nitrogens with zero attached hydrogens (tertiary/aromatic N) is 1. The molecule has 1 unspecified atom stereocenters. The molecule has 1 aliphatic rings. The molecule has 0 radical (unpaired) electrons. The minimum atomic E-state index is -0.324. The highest BCUT2D eigenvalue weighted by Crippen LogP contribution is 2.29. The summed E-state index contributed by atoms with van der Waals surface area (Å²) in [7, 11) is 1.67. The maximum atomic E-state index is 12.6. The molecule has 140 valence electrons. The van der Waals surface area contributed by atoms with Crippen LogP contribution in [0, 0.1) is 11.3 Å². The SMILES string of the molecule is CN=CC1=C(N)CCC(C(=O)Oc2ccc(N)c(C(=N)c3ccoc3)c2)C1. The number of anilines is 1. The van der Waals surface area contributed by atoms with Crippen molar-refractivity contribution in [1.29, 1.82) is 5.41 Å². The normalized spacial score (nSPS) is 17.3. The Hall–Kier alpha value is -3.35. The fourth-order valence-electron chi connectivity index (χ4n) is 3.06. The number of ether oxygens (including phenoxy) is 1. The predicted molar refractivity (Wildman–Crippen MR) is 104 cm³/mol. The number of rotatable bonds is 5. The number of benzene rings is 1. The standard InChI is InChI=1S/C20H22N4O3/c1-24-10-14-8-12(2-4-17(14)21)20(25)27-15-3-5-18(22)16(9-15)19(23)13-6-7-26-11-13/h3,5-7,9-12,23H,2,4,8,21-22H2,1H3. The molecule has 0 amide bonds. The molecule has 1 heterocycles. The maximum Gasteiger partial charge on any atom is 0.314 e. The lowest BCUT2D eigenvalue weighted by Crippen LogP contribution is -2.26. The Morgan fingerprint density at radius 3 is 2.89 bits per heavy atom. The molecule has 3 rings (SSSR count). The van der Waals surface area contributed by atoms with Gasteiger partial charge in [0, 0.05) is 35.8 Å². The summed E-state index contributed by atoms with van der Waals surface area (Å²) in [6.45, 7) is 0. The average molecular weight is 366 g/mol. The number of esters is 1. The summed E-state index contributed by atoms with van der Waals surface area (Å²) in [5.74, 6) is -0.250. The quantitative estimate of drug-likeness (QED) is 0.324. The van der Waals surface area contributed by atoms with Crippen molar-refractivity contribution in [2.75, 3.05) is 12.8 Å². The number of hydrogen-bond donors (Lipinski definition) is 3.